The van der Waals surface area contributed by atoms with E-state index >= 15 is 0 Å². The highest BCUT2D eigenvalue weighted by atomic mass is 16.5. The Labute approximate surface area is 114 Å². The lowest BCUT2D eigenvalue weighted by Gasteiger charge is -2.27. The van der Waals surface area contributed by atoms with E-state index in [-0.39, 0.29) is 6.04 Å². The van der Waals surface area contributed by atoms with Gasteiger partial charge >= 0.3 is 0 Å². The first-order valence-electron chi connectivity index (χ1n) is 6.66. The molecule has 0 saturated carbocycles. The van der Waals surface area contributed by atoms with Crippen molar-refractivity contribution in [3.63, 3.8) is 0 Å². The van der Waals surface area contributed by atoms with Crippen molar-refractivity contribution in [1.29, 1.82) is 0 Å². The number of aryl methyl sites for hydroxylation is 2. The number of hydrogen-bond donors (Lipinski definition) is 1. The average Bonchev–Trinajstić information content (AvgIpc) is 2.96. The molecule has 1 saturated heterocycles. The topological polar surface area (TPSA) is 65.5 Å². The van der Waals surface area contributed by atoms with Crippen LogP contribution < -0.4 is 10.5 Å². The van der Waals surface area contributed by atoms with Gasteiger partial charge in [0.05, 0.1) is 30.5 Å². The third-order valence-electron chi connectivity index (χ3n) is 3.91. The van der Waals surface area contributed by atoms with Crippen molar-refractivity contribution in [2.24, 2.45) is 12.8 Å². The summed E-state index contributed by atoms with van der Waals surface area (Å²) in [6, 6.07) is 0.142. The number of likely N-dealkylation sites (tertiary alicyclic amines) is 1. The molecule has 0 bridgehead atoms. The summed E-state index contributed by atoms with van der Waals surface area (Å²) in [5.41, 5.74) is 8.08. The molecule has 0 aliphatic carbocycles. The maximum Gasteiger partial charge on any atom is 0.216 e. The molecule has 6 heteroatoms. The van der Waals surface area contributed by atoms with E-state index in [2.05, 4.69) is 10.00 Å². The Kier molecular flexibility index (Phi) is 4.44. The van der Waals surface area contributed by atoms with Crippen molar-refractivity contribution in [3.05, 3.63) is 11.3 Å². The molecule has 0 amide bonds. The highest BCUT2D eigenvalue weighted by Gasteiger charge is 2.32. The van der Waals surface area contributed by atoms with Crippen LogP contribution in [0.2, 0.25) is 0 Å². The summed E-state index contributed by atoms with van der Waals surface area (Å²) < 4.78 is 12.7. The zero-order valence-corrected chi connectivity index (χ0v) is 12.2. The summed E-state index contributed by atoms with van der Waals surface area (Å²) in [5.74, 6) is 0.800. The van der Waals surface area contributed by atoms with Gasteiger partial charge in [0.15, 0.2) is 0 Å². The van der Waals surface area contributed by atoms with Crippen LogP contribution in [0, 0.1) is 6.92 Å². The quantitative estimate of drug-likeness (QED) is 0.840. The number of rotatable bonds is 5. The van der Waals surface area contributed by atoms with Gasteiger partial charge in [0, 0.05) is 33.8 Å². The van der Waals surface area contributed by atoms with Crippen LogP contribution in [-0.4, -0.2) is 54.6 Å². The van der Waals surface area contributed by atoms with Crippen molar-refractivity contribution < 1.29 is 9.47 Å². The predicted octanol–water partition coefficient (Wildman–Crippen LogP) is 0.458. The van der Waals surface area contributed by atoms with E-state index < -0.39 is 0 Å². The molecule has 1 fully saturated rings. The third-order valence-corrected chi connectivity index (χ3v) is 3.91. The Balaban J connectivity index is 2.27. The lowest BCUT2D eigenvalue weighted by atomic mass is 10.1. The van der Waals surface area contributed by atoms with Crippen LogP contribution in [-0.2, 0) is 11.8 Å². The molecule has 2 rings (SSSR count). The van der Waals surface area contributed by atoms with Crippen molar-refractivity contribution in [3.8, 4) is 5.88 Å². The second-order valence-corrected chi connectivity index (χ2v) is 5.02. The van der Waals surface area contributed by atoms with Gasteiger partial charge in [0.25, 0.3) is 0 Å². The first kappa shape index (κ1) is 14.3. The Hall–Kier alpha value is -1.11. The van der Waals surface area contributed by atoms with E-state index in [4.69, 9.17) is 15.2 Å². The van der Waals surface area contributed by atoms with E-state index in [1.54, 1.807) is 18.9 Å². The van der Waals surface area contributed by atoms with E-state index in [1.165, 1.54) is 0 Å². The summed E-state index contributed by atoms with van der Waals surface area (Å²) in [7, 11) is 5.34. The van der Waals surface area contributed by atoms with Crippen LogP contribution >= 0.6 is 0 Å². The van der Waals surface area contributed by atoms with Crippen molar-refractivity contribution in [1.82, 2.24) is 14.7 Å². The van der Waals surface area contributed by atoms with Gasteiger partial charge in [-0.25, -0.2) is 4.68 Å². The van der Waals surface area contributed by atoms with Gasteiger partial charge in [-0.3, -0.25) is 4.90 Å². The molecule has 19 heavy (non-hydrogen) atoms. The lowest BCUT2D eigenvalue weighted by Crippen LogP contribution is -2.33. The monoisotopic (exact) mass is 268 g/mol. The molecule has 6 nitrogen and oxygen atoms in total. The van der Waals surface area contributed by atoms with Crippen LogP contribution in [0.5, 0.6) is 5.88 Å². The molecule has 2 N–H and O–H groups in total. The fourth-order valence-corrected chi connectivity index (χ4v) is 2.96. The summed E-state index contributed by atoms with van der Waals surface area (Å²) in [6.45, 7) is 4.47. The standard InChI is InChI=1S/C13H24N4O2/c1-9-12(13(19-4)16(2)15-9)11(7-14)17-6-5-10(8-17)18-3/h10-11H,5-8,14H2,1-4H3. The molecule has 0 aromatic carbocycles. The van der Waals surface area contributed by atoms with E-state index in [0.29, 0.717) is 12.6 Å². The fraction of sp³-hybridized carbons (Fsp3) is 0.769. The van der Waals surface area contributed by atoms with Gasteiger partial charge in [-0.1, -0.05) is 0 Å². The van der Waals surface area contributed by atoms with E-state index in [0.717, 1.165) is 36.6 Å². The minimum Gasteiger partial charge on any atom is -0.481 e. The molecule has 1 aromatic heterocycles. The second kappa shape index (κ2) is 5.90. The molecule has 1 aromatic rings. The van der Waals surface area contributed by atoms with Gasteiger partial charge in [-0.05, 0) is 13.3 Å². The Morgan fingerprint density at radius 2 is 2.21 bits per heavy atom. The molecule has 2 heterocycles. The molecule has 0 spiro atoms. The Bertz CT molecular complexity index is 433. The molecule has 2 atom stereocenters. The van der Waals surface area contributed by atoms with Crippen LogP contribution in [0.1, 0.15) is 23.7 Å². The van der Waals surface area contributed by atoms with Crippen LogP contribution in [0.15, 0.2) is 0 Å². The number of hydrogen-bond acceptors (Lipinski definition) is 5. The highest BCUT2D eigenvalue weighted by Crippen LogP contribution is 2.33. The summed E-state index contributed by atoms with van der Waals surface area (Å²) in [4.78, 5) is 2.36. The first-order chi connectivity index (χ1) is 9.12. The van der Waals surface area contributed by atoms with Crippen LogP contribution in [0.4, 0.5) is 0 Å². The van der Waals surface area contributed by atoms with Gasteiger partial charge in [-0.2, -0.15) is 5.10 Å². The first-order valence-corrected chi connectivity index (χ1v) is 6.66. The molecular weight excluding hydrogens is 244 g/mol. The van der Waals surface area contributed by atoms with E-state index in [1.807, 2.05) is 14.0 Å². The van der Waals surface area contributed by atoms with E-state index in [9.17, 15) is 0 Å². The Morgan fingerprint density at radius 3 is 2.74 bits per heavy atom. The number of nitrogens with two attached hydrogens (primary N) is 1. The zero-order chi connectivity index (χ0) is 14.0. The highest BCUT2D eigenvalue weighted by molar-refractivity contribution is 5.34. The normalized spacial score (nSPS) is 21.8. The average molecular weight is 268 g/mol. The molecule has 0 radical (unpaired) electrons. The maximum atomic E-state index is 6.00. The number of nitrogens with zero attached hydrogens (tertiary/aromatic N) is 3. The Morgan fingerprint density at radius 1 is 1.47 bits per heavy atom. The smallest absolute Gasteiger partial charge is 0.216 e. The summed E-state index contributed by atoms with van der Waals surface area (Å²) in [5, 5.41) is 4.44. The molecule has 1 aliphatic rings. The zero-order valence-electron chi connectivity index (χ0n) is 12.2. The van der Waals surface area contributed by atoms with Crippen molar-refractivity contribution in [2.45, 2.75) is 25.5 Å². The van der Waals surface area contributed by atoms with Gasteiger partial charge in [0.2, 0.25) is 5.88 Å². The number of aromatic nitrogens is 2. The summed E-state index contributed by atoms with van der Waals surface area (Å²) >= 11 is 0. The van der Waals surface area contributed by atoms with Crippen molar-refractivity contribution in [2.75, 3.05) is 33.9 Å². The largest absolute Gasteiger partial charge is 0.481 e. The molecular formula is C13H24N4O2. The van der Waals surface area contributed by atoms with Crippen molar-refractivity contribution >= 4 is 0 Å². The second-order valence-electron chi connectivity index (χ2n) is 5.02. The minimum absolute atomic E-state index is 0.142. The van der Waals surface area contributed by atoms with Crippen LogP contribution in [0.3, 0.4) is 0 Å². The maximum absolute atomic E-state index is 6.00. The summed E-state index contributed by atoms with van der Waals surface area (Å²) in [6.07, 6.45) is 1.35. The SMILES string of the molecule is COc1c(C(CN)N2CCC(OC)C2)c(C)nn1C. The predicted molar refractivity (Wildman–Crippen MR) is 73.3 cm³/mol. The number of methoxy groups -OCH3 is 2. The minimum atomic E-state index is 0.142. The third kappa shape index (κ3) is 2.61. The van der Waals surface area contributed by atoms with Gasteiger partial charge < -0.3 is 15.2 Å². The number of ether oxygens (including phenoxy) is 2. The fourth-order valence-electron chi connectivity index (χ4n) is 2.96. The van der Waals surface area contributed by atoms with Crippen LogP contribution in [0.25, 0.3) is 0 Å². The lowest BCUT2D eigenvalue weighted by molar-refractivity contribution is 0.101. The van der Waals surface area contributed by atoms with Gasteiger partial charge in [0.1, 0.15) is 0 Å². The van der Waals surface area contributed by atoms with Gasteiger partial charge in [-0.15, -0.1) is 0 Å². The molecule has 1 aliphatic heterocycles. The molecule has 108 valence electrons. The molecule has 2 unspecified atom stereocenters.